The van der Waals surface area contributed by atoms with Crippen LogP contribution in [-0.2, 0) is 11.8 Å². The van der Waals surface area contributed by atoms with E-state index in [1.807, 2.05) is 15.5 Å². The van der Waals surface area contributed by atoms with Crippen molar-refractivity contribution in [2.45, 2.75) is 0 Å². The Morgan fingerprint density at radius 2 is 1.60 bits per heavy atom. The normalized spacial score (nSPS) is 11.8. The molecule has 0 rings (SSSR count). The van der Waals surface area contributed by atoms with Gasteiger partial charge in [0.25, 0.3) is 0 Å². The Hall–Kier alpha value is 0.990. The van der Waals surface area contributed by atoms with Gasteiger partial charge in [-0.2, -0.15) is 8.39 Å². The molecule has 0 heterocycles. The smallest absolute Gasteiger partial charge is 0.169 e. The molecule has 0 aliphatic carbocycles. The Kier molecular flexibility index (Phi) is 1.95. The molecule has 0 fully saturated rings. The van der Waals surface area contributed by atoms with Gasteiger partial charge in [-0.05, 0) is 11.8 Å². The quantitative estimate of drug-likeness (QED) is 0.517. The summed E-state index contributed by atoms with van der Waals surface area (Å²) in [5.74, 6) is 0. The maximum atomic E-state index is 10.9. The molecule has 0 aromatic heterocycles. The fraction of sp³-hybridized carbons (Fsp3) is 0. The van der Waals surface area contributed by atoms with Crippen molar-refractivity contribution in [2.75, 3.05) is 0 Å². The van der Waals surface area contributed by atoms with Crippen LogP contribution >= 0.6 is 20.9 Å². The molecule has 0 atom stereocenters. The molecule has 0 aromatic rings. The average Bonchev–Trinajstić information content (AvgIpc) is 0.722. The van der Waals surface area contributed by atoms with Gasteiger partial charge in [0.05, 0.1) is 0 Å². The summed E-state index contributed by atoms with van der Waals surface area (Å²) in [5.41, 5.74) is 0. The molecule has 0 bridgehead atoms. The number of hydrogen-bond donors (Lipinski definition) is 0. The Bertz CT molecular complexity index is 55.8. The van der Waals surface area contributed by atoms with Crippen LogP contribution in [0.15, 0.2) is 0 Å². The van der Waals surface area contributed by atoms with Crippen LogP contribution in [0.4, 0.5) is 8.39 Å². The lowest BCUT2D eigenvalue weighted by Crippen LogP contribution is -1.23. The number of rotatable bonds is 0. The molecular formula is BrF2PS. The Morgan fingerprint density at radius 3 is 1.60 bits per heavy atom. The summed E-state index contributed by atoms with van der Waals surface area (Å²) in [6.07, 6.45) is 0. The third-order valence-corrected chi connectivity index (χ3v) is 0. The predicted octanol–water partition coefficient (Wildman–Crippen LogP) is 2.54. The molecule has 0 saturated heterocycles. The summed E-state index contributed by atoms with van der Waals surface area (Å²) in [5, 5.41) is -3.99. The van der Waals surface area contributed by atoms with Crippen LogP contribution in [0, 0.1) is 0 Å². The molecule has 0 unspecified atom stereocenters. The predicted molar refractivity (Wildman–Crippen MR) is 25.4 cm³/mol. The highest BCUT2D eigenvalue weighted by Crippen LogP contribution is 2.57. The fourth-order valence-electron chi connectivity index (χ4n) is 0. The minimum absolute atomic E-state index is 1.97. The van der Waals surface area contributed by atoms with Crippen LogP contribution in [0.2, 0.25) is 0 Å². The highest BCUT2D eigenvalue weighted by molar-refractivity contribution is 9.42. The van der Waals surface area contributed by atoms with Gasteiger partial charge >= 0.3 is 5.36 Å². The lowest BCUT2D eigenvalue weighted by atomic mass is 18.8. The molecule has 0 saturated carbocycles. The number of halogens is 3. The molecular weight excluding hydrogens is 181 g/mol. The average molecular weight is 181 g/mol. The maximum Gasteiger partial charge on any atom is 0.333 e. The lowest BCUT2D eigenvalue weighted by molar-refractivity contribution is 0.773. The molecule has 32 valence electrons. The minimum atomic E-state index is -3.99. The third kappa shape index (κ3) is 45.5. The molecule has 0 aliphatic rings. The van der Waals surface area contributed by atoms with E-state index < -0.39 is 5.36 Å². The topological polar surface area (TPSA) is 0 Å². The van der Waals surface area contributed by atoms with E-state index in [0.29, 0.717) is 0 Å². The second kappa shape index (κ2) is 1.63. The van der Waals surface area contributed by atoms with Gasteiger partial charge < -0.3 is 0 Å². The molecule has 0 N–H and O–H groups in total. The van der Waals surface area contributed by atoms with Crippen molar-refractivity contribution >= 4 is 32.7 Å². The van der Waals surface area contributed by atoms with Crippen LogP contribution < -0.4 is 0 Å². The first kappa shape index (κ1) is 5.99. The minimum Gasteiger partial charge on any atom is -0.169 e. The van der Waals surface area contributed by atoms with Crippen molar-refractivity contribution in [1.29, 1.82) is 0 Å². The first-order valence-electron chi connectivity index (χ1n) is 0.690. The van der Waals surface area contributed by atoms with Gasteiger partial charge in [-0.25, -0.2) is 0 Å². The van der Waals surface area contributed by atoms with Gasteiger partial charge in [-0.3, -0.25) is 0 Å². The van der Waals surface area contributed by atoms with Gasteiger partial charge in [0.2, 0.25) is 0 Å². The van der Waals surface area contributed by atoms with Crippen molar-refractivity contribution in [3.05, 3.63) is 0 Å². The van der Waals surface area contributed by atoms with E-state index in [0.717, 1.165) is 0 Å². The fourth-order valence-corrected chi connectivity index (χ4v) is 0. The van der Waals surface area contributed by atoms with Gasteiger partial charge in [0, 0.05) is 15.5 Å². The van der Waals surface area contributed by atoms with Gasteiger partial charge in [-0.15, -0.1) is 0 Å². The maximum absolute atomic E-state index is 10.9. The molecule has 0 aromatic carbocycles. The standard InChI is InChI=1S/BrF2PS/c1-4(2,3)5. The highest BCUT2D eigenvalue weighted by Gasteiger charge is 2.01. The van der Waals surface area contributed by atoms with Gasteiger partial charge in [0.15, 0.2) is 0 Å². The summed E-state index contributed by atoms with van der Waals surface area (Å²) in [6.45, 7) is 0. The summed E-state index contributed by atoms with van der Waals surface area (Å²) >= 11 is 5.49. The van der Waals surface area contributed by atoms with Crippen LogP contribution in [0.3, 0.4) is 0 Å². The Balaban J connectivity index is 3.47. The van der Waals surface area contributed by atoms with E-state index in [-0.39, 0.29) is 0 Å². The van der Waals surface area contributed by atoms with E-state index in [1.165, 1.54) is 0 Å². The van der Waals surface area contributed by atoms with E-state index in [4.69, 9.17) is 0 Å². The molecule has 0 nitrogen and oxygen atoms in total. The zero-order valence-corrected chi connectivity index (χ0v) is 5.29. The Labute approximate surface area is 41.5 Å². The van der Waals surface area contributed by atoms with E-state index in [9.17, 15) is 8.39 Å². The summed E-state index contributed by atoms with van der Waals surface area (Å²) in [4.78, 5) is 0. The Morgan fingerprint density at radius 1 is 1.60 bits per heavy atom. The molecule has 0 radical (unpaired) electrons. The first-order valence-corrected chi connectivity index (χ1v) is 5.29. The number of hydrogen-bond acceptors (Lipinski definition) is 1. The van der Waals surface area contributed by atoms with E-state index in [1.54, 1.807) is 0 Å². The monoisotopic (exact) mass is 180 g/mol. The van der Waals surface area contributed by atoms with Crippen molar-refractivity contribution in [2.24, 2.45) is 0 Å². The van der Waals surface area contributed by atoms with Crippen molar-refractivity contribution in [1.82, 2.24) is 0 Å². The SMILES string of the molecule is FP(F)(=S)Br. The third-order valence-electron chi connectivity index (χ3n) is 0. The molecule has 5 heteroatoms. The highest BCUT2D eigenvalue weighted by atomic mass is 79.9. The van der Waals surface area contributed by atoms with Crippen molar-refractivity contribution in [3.8, 4) is 0 Å². The van der Waals surface area contributed by atoms with Crippen LogP contribution in [0.25, 0.3) is 0 Å². The van der Waals surface area contributed by atoms with Crippen molar-refractivity contribution < 1.29 is 8.39 Å². The van der Waals surface area contributed by atoms with Crippen LogP contribution in [-0.4, -0.2) is 0 Å². The summed E-state index contributed by atoms with van der Waals surface area (Å²) in [6, 6.07) is 0. The molecule has 0 amide bonds. The van der Waals surface area contributed by atoms with E-state index in [2.05, 4.69) is 11.8 Å². The zero-order valence-electron chi connectivity index (χ0n) is 1.99. The second-order valence-electron chi connectivity index (χ2n) is 0.399. The van der Waals surface area contributed by atoms with E-state index >= 15 is 0 Å². The lowest BCUT2D eigenvalue weighted by Gasteiger charge is -1.76. The second-order valence-corrected chi connectivity index (χ2v) is 6.65. The van der Waals surface area contributed by atoms with Crippen LogP contribution in [0.1, 0.15) is 0 Å². The van der Waals surface area contributed by atoms with Crippen molar-refractivity contribution in [3.63, 3.8) is 0 Å². The summed E-state index contributed by atoms with van der Waals surface area (Å²) in [7, 11) is 0. The van der Waals surface area contributed by atoms with Crippen LogP contribution in [0.5, 0.6) is 0 Å². The largest absolute Gasteiger partial charge is 0.333 e. The summed E-state index contributed by atoms with van der Waals surface area (Å²) < 4.78 is 21.7. The van der Waals surface area contributed by atoms with Gasteiger partial charge in [-0.1, -0.05) is 0 Å². The van der Waals surface area contributed by atoms with Gasteiger partial charge in [0.1, 0.15) is 0 Å². The molecule has 5 heavy (non-hydrogen) atoms. The molecule has 0 spiro atoms. The first-order chi connectivity index (χ1) is 2.00. The zero-order chi connectivity index (χ0) is 4.50. The molecule has 0 aliphatic heterocycles.